The quantitative estimate of drug-likeness (QED) is 0.602. The van der Waals surface area contributed by atoms with Crippen LogP contribution in [0, 0.1) is 11.3 Å². The molecule has 0 saturated carbocycles. The molecule has 0 amide bonds. The zero-order chi connectivity index (χ0) is 11.0. The summed E-state index contributed by atoms with van der Waals surface area (Å²) in [4.78, 5) is 0. The molecule has 0 aliphatic carbocycles. The van der Waals surface area contributed by atoms with Crippen molar-refractivity contribution in [3.05, 3.63) is 0 Å². The molecule has 0 rings (SSSR count). The minimum Gasteiger partial charge on any atom is -0.381 e. The molecule has 0 aliphatic rings. The Balaban J connectivity index is 4.27. The molecule has 0 aliphatic heterocycles. The summed E-state index contributed by atoms with van der Waals surface area (Å²) in [5, 5.41) is 0. The van der Waals surface area contributed by atoms with Gasteiger partial charge in [-0.05, 0) is 26.2 Å². The topological polar surface area (TPSA) is 18.5 Å². The first-order chi connectivity index (χ1) is 6.63. The van der Waals surface area contributed by atoms with Gasteiger partial charge < -0.3 is 9.47 Å². The van der Waals surface area contributed by atoms with Crippen molar-refractivity contribution in [2.24, 2.45) is 11.3 Å². The van der Waals surface area contributed by atoms with E-state index in [2.05, 4.69) is 20.8 Å². The van der Waals surface area contributed by atoms with Crippen molar-refractivity contribution >= 4 is 0 Å². The van der Waals surface area contributed by atoms with E-state index in [0.29, 0.717) is 5.92 Å². The number of hydrogen-bond acceptors (Lipinski definition) is 2. The highest BCUT2D eigenvalue weighted by Gasteiger charge is 2.32. The lowest BCUT2D eigenvalue weighted by Crippen LogP contribution is -2.37. The van der Waals surface area contributed by atoms with Crippen LogP contribution in [0.5, 0.6) is 0 Å². The summed E-state index contributed by atoms with van der Waals surface area (Å²) in [7, 11) is 0. The molecule has 2 heteroatoms. The van der Waals surface area contributed by atoms with Crippen molar-refractivity contribution in [2.45, 2.75) is 41.0 Å². The Morgan fingerprint density at radius 2 is 1.36 bits per heavy atom. The van der Waals surface area contributed by atoms with Gasteiger partial charge in [0.2, 0.25) is 0 Å². The molecule has 14 heavy (non-hydrogen) atoms. The van der Waals surface area contributed by atoms with E-state index >= 15 is 0 Å². The lowest BCUT2D eigenvalue weighted by molar-refractivity contribution is -0.0453. The highest BCUT2D eigenvalue weighted by atomic mass is 16.5. The van der Waals surface area contributed by atoms with Gasteiger partial charge in [0.1, 0.15) is 0 Å². The first kappa shape index (κ1) is 13.9. The van der Waals surface area contributed by atoms with Gasteiger partial charge in [-0.25, -0.2) is 0 Å². The number of hydrogen-bond donors (Lipinski definition) is 0. The predicted molar refractivity (Wildman–Crippen MR) is 60.5 cm³/mol. The fourth-order valence-electron chi connectivity index (χ4n) is 1.60. The Hall–Kier alpha value is -0.0800. The second-order valence-corrected chi connectivity index (χ2v) is 4.14. The lowest BCUT2D eigenvalue weighted by Gasteiger charge is -2.36. The standard InChI is InChI=1S/C12H26O2/c1-6-12(11(4)5,9-13-7-2)10-14-8-3/h11H,6-10H2,1-5H3. The van der Waals surface area contributed by atoms with Crippen LogP contribution in [0.1, 0.15) is 41.0 Å². The van der Waals surface area contributed by atoms with E-state index < -0.39 is 0 Å². The summed E-state index contributed by atoms with van der Waals surface area (Å²) in [5.41, 5.74) is 0.200. The molecule has 0 saturated heterocycles. The molecular weight excluding hydrogens is 176 g/mol. The smallest absolute Gasteiger partial charge is 0.0546 e. The van der Waals surface area contributed by atoms with Crippen molar-refractivity contribution in [1.82, 2.24) is 0 Å². The lowest BCUT2D eigenvalue weighted by atomic mass is 9.76. The van der Waals surface area contributed by atoms with Gasteiger partial charge >= 0.3 is 0 Å². The second-order valence-electron chi connectivity index (χ2n) is 4.14. The predicted octanol–water partition coefficient (Wildman–Crippen LogP) is 3.11. The van der Waals surface area contributed by atoms with Gasteiger partial charge in [0.15, 0.2) is 0 Å². The second kappa shape index (κ2) is 7.24. The van der Waals surface area contributed by atoms with Gasteiger partial charge in [-0.2, -0.15) is 0 Å². The Labute approximate surface area is 89.0 Å². The maximum absolute atomic E-state index is 5.57. The van der Waals surface area contributed by atoms with E-state index in [1.807, 2.05) is 13.8 Å². The fraction of sp³-hybridized carbons (Fsp3) is 1.00. The number of ether oxygens (including phenoxy) is 2. The summed E-state index contributed by atoms with van der Waals surface area (Å²) in [5.74, 6) is 0.602. The summed E-state index contributed by atoms with van der Waals surface area (Å²) in [6, 6.07) is 0. The highest BCUT2D eigenvalue weighted by molar-refractivity contribution is 4.80. The molecule has 0 fully saturated rings. The molecule has 0 aromatic carbocycles. The van der Waals surface area contributed by atoms with Crippen molar-refractivity contribution in [1.29, 1.82) is 0 Å². The molecule has 2 nitrogen and oxygen atoms in total. The highest BCUT2D eigenvalue weighted by Crippen LogP contribution is 2.32. The molecular formula is C12H26O2. The average molecular weight is 202 g/mol. The van der Waals surface area contributed by atoms with Crippen LogP contribution in [0.25, 0.3) is 0 Å². The minimum absolute atomic E-state index is 0.200. The Kier molecular flexibility index (Phi) is 7.20. The van der Waals surface area contributed by atoms with Crippen LogP contribution < -0.4 is 0 Å². The molecule has 0 heterocycles. The third-order valence-corrected chi connectivity index (χ3v) is 3.12. The van der Waals surface area contributed by atoms with Gasteiger partial charge in [-0.15, -0.1) is 0 Å². The number of rotatable bonds is 8. The van der Waals surface area contributed by atoms with Crippen LogP contribution in [-0.2, 0) is 9.47 Å². The van der Waals surface area contributed by atoms with E-state index in [4.69, 9.17) is 9.47 Å². The fourth-order valence-corrected chi connectivity index (χ4v) is 1.60. The zero-order valence-electron chi connectivity index (χ0n) is 10.4. The van der Waals surface area contributed by atoms with Crippen LogP contribution >= 0.6 is 0 Å². The third kappa shape index (κ3) is 3.97. The van der Waals surface area contributed by atoms with E-state index in [1.54, 1.807) is 0 Å². The molecule has 0 atom stereocenters. The van der Waals surface area contributed by atoms with Crippen LogP contribution in [0.4, 0.5) is 0 Å². The van der Waals surface area contributed by atoms with Crippen LogP contribution in [0.2, 0.25) is 0 Å². The normalized spacial score (nSPS) is 12.4. The van der Waals surface area contributed by atoms with Crippen molar-refractivity contribution in [3.8, 4) is 0 Å². The Bertz CT molecular complexity index is 124. The summed E-state index contributed by atoms with van der Waals surface area (Å²) in [6.07, 6.45) is 1.12. The minimum atomic E-state index is 0.200. The van der Waals surface area contributed by atoms with Gasteiger partial charge in [0.05, 0.1) is 13.2 Å². The maximum atomic E-state index is 5.57. The van der Waals surface area contributed by atoms with Gasteiger partial charge in [0.25, 0.3) is 0 Å². The molecule has 0 aromatic heterocycles. The molecule has 0 radical (unpaired) electrons. The molecule has 0 aromatic rings. The molecule has 86 valence electrons. The van der Waals surface area contributed by atoms with Crippen molar-refractivity contribution < 1.29 is 9.47 Å². The summed E-state index contributed by atoms with van der Waals surface area (Å²) < 4.78 is 11.1. The van der Waals surface area contributed by atoms with E-state index in [-0.39, 0.29) is 5.41 Å². The van der Waals surface area contributed by atoms with Crippen LogP contribution in [0.3, 0.4) is 0 Å². The third-order valence-electron chi connectivity index (χ3n) is 3.12. The monoisotopic (exact) mass is 202 g/mol. The molecule has 0 bridgehead atoms. The molecule has 0 unspecified atom stereocenters. The summed E-state index contributed by atoms with van der Waals surface area (Å²) in [6.45, 7) is 14.0. The van der Waals surface area contributed by atoms with E-state index in [0.717, 1.165) is 32.8 Å². The Morgan fingerprint density at radius 3 is 1.57 bits per heavy atom. The molecule has 0 N–H and O–H groups in total. The SMILES string of the molecule is CCOCC(CC)(COCC)C(C)C. The van der Waals surface area contributed by atoms with Gasteiger partial charge in [0, 0.05) is 18.6 Å². The summed E-state index contributed by atoms with van der Waals surface area (Å²) >= 11 is 0. The van der Waals surface area contributed by atoms with Crippen molar-refractivity contribution in [3.63, 3.8) is 0 Å². The maximum Gasteiger partial charge on any atom is 0.0546 e. The van der Waals surface area contributed by atoms with Crippen LogP contribution in [0.15, 0.2) is 0 Å². The largest absolute Gasteiger partial charge is 0.381 e. The van der Waals surface area contributed by atoms with Crippen molar-refractivity contribution in [2.75, 3.05) is 26.4 Å². The van der Waals surface area contributed by atoms with Crippen LogP contribution in [-0.4, -0.2) is 26.4 Å². The average Bonchev–Trinajstić information content (AvgIpc) is 2.18. The van der Waals surface area contributed by atoms with E-state index in [9.17, 15) is 0 Å². The first-order valence-electron chi connectivity index (χ1n) is 5.78. The van der Waals surface area contributed by atoms with Gasteiger partial charge in [-0.3, -0.25) is 0 Å². The van der Waals surface area contributed by atoms with E-state index in [1.165, 1.54) is 0 Å². The Morgan fingerprint density at radius 1 is 0.929 bits per heavy atom. The van der Waals surface area contributed by atoms with Gasteiger partial charge in [-0.1, -0.05) is 20.8 Å². The zero-order valence-corrected chi connectivity index (χ0v) is 10.4. The first-order valence-corrected chi connectivity index (χ1v) is 5.78. The molecule has 0 spiro atoms.